The zero-order valence-corrected chi connectivity index (χ0v) is 13.0. The molecule has 2 N–H and O–H groups in total. The minimum atomic E-state index is 0.0530. The van der Waals surface area contributed by atoms with Crippen molar-refractivity contribution < 1.29 is 4.42 Å². The van der Waals surface area contributed by atoms with Crippen LogP contribution in [-0.4, -0.2) is 36.0 Å². The van der Waals surface area contributed by atoms with E-state index >= 15 is 0 Å². The number of hydrogen-bond donors (Lipinski definition) is 1. The third kappa shape index (κ3) is 4.04. The van der Waals surface area contributed by atoms with Crippen LogP contribution in [0.1, 0.15) is 37.8 Å². The number of furan rings is 1. The molecule has 0 radical (unpaired) electrons. The van der Waals surface area contributed by atoms with Gasteiger partial charge in [0.1, 0.15) is 11.5 Å². The Balaban J connectivity index is 2.78. The Kier molecular flexibility index (Phi) is 6.26. The molecule has 0 aliphatic heterocycles. The molecule has 18 heavy (non-hydrogen) atoms. The van der Waals surface area contributed by atoms with Crippen LogP contribution in [0.5, 0.6) is 0 Å². The molecule has 0 saturated carbocycles. The molecular formula is C14H26N2OS. The van der Waals surface area contributed by atoms with Crippen LogP contribution in [0.4, 0.5) is 0 Å². The van der Waals surface area contributed by atoms with Crippen molar-refractivity contribution in [1.82, 2.24) is 4.90 Å². The first-order valence-corrected chi connectivity index (χ1v) is 7.89. The van der Waals surface area contributed by atoms with Gasteiger partial charge in [-0.2, -0.15) is 11.8 Å². The Labute approximate surface area is 115 Å². The molecule has 1 rings (SSSR count). The summed E-state index contributed by atoms with van der Waals surface area (Å²) in [5.41, 5.74) is 6.14. The second kappa shape index (κ2) is 7.22. The highest BCUT2D eigenvalue weighted by molar-refractivity contribution is 7.98. The molecule has 104 valence electrons. The number of thioether (sulfide) groups is 1. The summed E-state index contributed by atoms with van der Waals surface area (Å²) in [7, 11) is 2.14. The van der Waals surface area contributed by atoms with Gasteiger partial charge in [-0.05, 0) is 58.4 Å². The van der Waals surface area contributed by atoms with Crippen LogP contribution in [0, 0.1) is 6.92 Å². The van der Waals surface area contributed by atoms with E-state index in [0.29, 0.717) is 6.04 Å². The van der Waals surface area contributed by atoms with Crippen LogP contribution < -0.4 is 5.73 Å². The SMILES string of the molecule is CSCCC(C)N(C)C(c1ccc(C)o1)C(C)N. The van der Waals surface area contributed by atoms with Crippen molar-refractivity contribution in [1.29, 1.82) is 0 Å². The Morgan fingerprint density at radius 1 is 1.39 bits per heavy atom. The zero-order valence-electron chi connectivity index (χ0n) is 12.1. The monoisotopic (exact) mass is 270 g/mol. The van der Waals surface area contributed by atoms with E-state index < -0.39 is 0 Å². The van der Waals surface area contributed by atoms with Crippen LogP contribution >= 0.6 is 11.8 Å². The van der Waals surface area contributed by atoms with E-state index in [1.54, 1.807) is 0 Å². The average Bonchev–Trinajstić information content (AvgIpc) is 2.72. The fourth-order valence-corrected chi connectivity index (χ4v) is 2.79. The molecule has 0 aromatic carbocycles. The van der Waals surface area contributed by atoms with E-state index in [9.17, 15) is 0 Å². The number of nitrogens with two attached hydrogens (primary N) is 1. The maximum absolute atomic E-state index is 6.14. The molecule has 0 saturated heterocycles. The van der Waals surface area contributed by atoms with Gasteiger partial charge in [-0.25, -0.2) is 0 Å². The molecule has 1 heterocycles. The van der Waals surface area contributed by atoms with Gasteiger partial charge in [-0.15, -0.1) is 0 Å². The van der Waals surface area contributed by atoms with E-state index in [1.807, 2.05) is 37.7 Å². The van der Waals surface area contributed by atoms with Crippen molar-refractivity contribution in [2.75, 3.05) is 19.1 Å². The maximum atomic E-state index is 6.14. The summed E-state index contributed by atoms with van der Waals surface area (Å²) >= 11 is 1.89. The Morgan fingerprint density at radius 2 is 2.06 bits per heavy atom. The average molecular weight is 270 g/mol. The molecule has 3 unspecified atom stereocenters. The van der Waals surface area contributed by atoms with Crippen molar-refractivity contribution in [2.45, 2.75) is 45.3 Å². The zero-order chi connectivity index (χ0) is 13.7. The van der Waals surface area contributed by atoms with Crippen LogP contribution in [0.15, 0.2) is 16.5 Å². The minimum Gasteiger partial charge on any atom is -0.465 e. The molecule has 0 spiro atoms. The number of rotatable bonds is 7. The van der Waals surface area contributed by atoms with Gasteiger partial charge in [0.05, 0.1) is 6.04 Å². The molecule has 0 bridgehead atoms. The van der Waals surface area contributed by atoms with Crippen LogP contribution in [0.3, 0.4) is 0 Å². The fourth-order valence-electron chi connectivity index (χ4n) is 2.21. The quantitative estimate of drug-likeness (QED) is 0.827. The van der Waals surface area contributed by atoms with Gasteiger partial charge < -0.3 is 10.2 Å². The molecular weight excluding hydrogens is 244 g/mol. The first-order chi connectivity index (χ1) is 8.47. The van der Waals surface area contributed by atoms with Crippen LogP contribution in [-0.2, 0) is 0 Å². The van der Waals surface area contributed by atoms with E-state index in [-0.39, 0.29) is 12.1 Å². The summed E-state index contributed by atoms with van der Waals surface area (Å²) in [5.74, 6) is 3.09. The van der Waals surface area contributed by atoms with E-state index in [4.69, 9.17) is 10.2 Å². The van der Waals surface area contributed by atoms with E-state index in [1.165, 1.54) is 12.2 Å². The van der Waals surface area contributed by atoms with Crippen molar-refractivity contribution in [2.24, 2.45) is 5.73 Å². The van der Waals surface area contributed by atoms with Gasteiger partial charge in [0.15, 0.2) is 0 Å². The highest BCUT2D eigenvalue weighted by Crippen LogP contribution is 2.27. The topological polar surface area (TPSA) is 42.4 Å². The maximum Gasteiger partial charge on any atom is 0.122 e. The number of likely N-dealkylation sites (N-methyl/N-ethyl adjacent to an activating group) is 1. The minimum absolute atomic E-state index is 0.0530. The fraction of sp³-hybridized carbons (Fsp3) is 0.714. The predicted molar refractivity (Wildman–Crippen MR) is 80.1 cm³/mol. The molecule has 0 aliphatic carbocycles. The lowest BCUT2D eigenvalue weighted by Crippen LogP contribution is -2.41. The molecule has 4 heteroatoms. The van der Waals surface area contributed by atoms with Gasteiger partial charge >= 0.3 is 0 Å². The highest BCUT2D eigenvalue weighted by atomic mass is 32.2. The summed E-state index contributed by atoms with van der Waals surface area (Å²) < 4.78 is 5.76. The van der Waals surface area contributed by atoms with Crippen LogP contribution in [0.25, 0.3) is 0 Å². The van der Waals surface area contributed by atoms with Gasteiger partial charge in [0.2, 0.25) is 0 Å². The third-order valence-corrected chi connectivity index (χ3v) is 4.07. The Morgan fingerprint density at radius 3 is 2.50 bits per heavy atom. The Hall–Kier alpha value is -0.450. The lowest BCUT2D eigenvalue weighted by atomic mass is 10.0. The number of nitrogens with zero attached hydrogens (tertiary/aromatic N) is 1. The van der Waals surface area contributed by atoms with Crippen molar-refractivity contribution in [3.63, 3.8) is 0 Å². The van der Waals surface area contributed by atoms with Crippen molar-refractivity contribution >= 4 is 11.8 Å². The number of aryl methyl sites for hydroxylation is 1. The largest absolute Gasteiger partial charge is 0.465 e. The molecule has 3 atom stereocenters. The second-order valence-electron chi connectivity index (χ2n) is 5.05. The van der Waals surface area contributed by atoms with Gasteiger partial charge in [-0.1, -0.05) is 0 Å². The number of hydrogen-bond acceptors (Lipinski definition) is 4. The first kappa shape index (κ1) is 15.6. The summed E-state index contributed by atoms with van der Waals surface area (Å²) in [5, 5.41) is 0. The molecule has 0 fully saturated rings. The molecule has 0 amide bonds. The molecule has 1 aromatic heterocycles. The second-order valence-corrected chi connectivity index (χ2v) is 6.03. The van der Waals surface area contributed by atoms with Gasteiger partial charge in [0.25, 0.3) is 0 Å². The Bertz CT molecular complexity index is 351. The van der Waals surface area contributed by atoms with E-state index in [0.717, 1.165) is 11.5 Å². The van der Waals surface area contributed by atoms with Gasteiger partial charge in [-0.3, -0.25) is 4.90 Å². The molecule has 1 aromatic rings. The highest BCUT2D eigenvalue weighted by Gasteiger charge is 2.27. The first-order valence-electron chi connectivity index (χ1n) is 6.50. The molecule has 3 nitrogen and oxygen atoms in total. The summed E-state index contributed by atoms with van der Waals surface area (Å²) in [6.45, 7) is 6.26. The summed E-state index contributed by atoms with van der Waals surface area (Å²) in [6.07, 6.45) is 3.31. The smallest absolute Gasteiger partial charge is 0.122 e. The summed E-state index contributed by atoms with van der Waals surface area (Å²) in [6, 6.07) is 4.75. The van der Waals surface area contributed by atoms with Gasteiger partial charge in [0, 0.05) is 12.1 Å². The predicted octanol–water partition coefficient (Wildman–Crippen LogP) is 3.05. The molecule has 0 aliphatic rings. The van der Waals surface area contributed by atoms with Crippen molar-refractivity contribution in [3.8, 4) is 0 Å². The summed E-state index contributed by atoms with van der Waals surface area (Å²) in [4.78, 5) is 2.33. The lowest BCUT2D eigenvalue weighted by Gasteiger charge is -2.34. The van der Waals surface area contributed by atoms with E-state index in [2.05, 4.69) is 25.1 Å². The standard InChI is InChI=1S/C14H26N2OS/c1-10(8-9-18-5)16(4)14(12(3)15)13-7-6-11(2)17-13/h6-7,10,12,14H,8-9,15H2,1-5H3. The third-order valence-electron chi connectivity index (χ3n) is 3.42. The van der Waals surface area contributed by atoms with Crippen molar-refractivity contribution in [3.05, 3.63) is 23.7 Å². The van der Waals surface area contributed by atoms with Crippen LogP contribution in [0.2, 0.25) is 0 Å². The lowest BCUT2D eigenvalue weighted by molar-refractivity contribution is 0.141. The normalized spacial score (nSPS) is 16.8.